The monoisotopic (exact) mass is 207 g/mol. The maximum absolute atomic E-state index is 5.88. The molecular formula is C13H21NO. The van der Waals surface area contributed by atoms with Crippen LogP contribution in [0.15, 0.2) is 18.2 Å². The van der Waals surface area contributed by atoms with Gasteiger partial charge in [0.2, 0.25) is 0 Å². The van der Waals surface area contributed by atoms with Crippen LogP contribution in [-0.4, -0.2) is 7.11 Å². The second kappa shape index (κ2) is 4.23. The van der Waals surface area contributed by atoms with Crippen LogP contribution in [0.3, 0.4) is 0 Å². The highest BCUT2D eigenvalue weighted by Gasteiger charge is 2.19. The minimum absolute atomic E-state index is 0.0667. The molecule has 2 nitrogen and oxygen atoms in total. The van der Waals surface area contributed by atoms with Crippen molar-refractivity contribution in [2.24, 2.45) is 5.73 Å². The summed E-state index contributed by atoms with van der Waals surface area (Å²) in [7, 11) is 1.70. The normalized spacial score (nSPS) is 13.7. The van der Waals surface area contributed by atoms with Gasteiger partial charge in [0.1, 0.15) is 5.75 Å². The van der Waals surface area contributed by atoms with Crippen LogP contribution >= 0.6 is 0 Å². The predicted molar refractivity (Wildman–Crippen MR) is 64.3 cm³/mol. The third-order valence-corrected chi connectivity index (χ3v) is 2.56. The molecule has 1 aromatic rings. The molecule has 1 atom stereocenters. The summed E-state index contributed by atoms with van der Waals surface area (Å²) >= 11 is 0. The highest BCUT2D eigenvalue weighted by Crippen LogP contribution is 2.32. The van der Waals surface area contributed by atoms with Gasteiger partial charge in [-0.15, -0.1) is 0 Å². The Morgan fingerprint density at radius 1 is 1.27 bits per heavy atom. The van der Waals surface area contributed by atoms with E-state index >= 15 is 0 Å². The number of ether oxygens (including phenoxy) is 1. The molecule has 0 heterocycles. The molecular weight excluding hydrogens is 186 g/mol. The van der Waals surface area contributed by atoms with Gasteiger partial charge in [0, 0.05) is 6.04 Å². The Balaban J connectivity index is 3.26. The van der Waals surface area contributed by atoms with Gasteiger partial charge in [0.15, 0.2) is 0 Å². The Kier molecular flexibility index (Phi) is 3.40. The summed E-state index contributed by atoms with van der Waals surface area (Å²) in [4.78, 5) is 0. The molecule has 1 aromatic carbocycles. The zero-order valence-electron chi connectivity index (χ0n) is 10.3. The van der Waals surface area contributed by atoms with Crippen LogP contribution in [-0.2, 0) is 5.41 Å². The topological polar surface area (TPSA) is 35.2 Å². The van der Waals surface area contributed by atoms with Crippen molar-refractivity contribution < 1.29 is 4.74 Å². The van der Waals surface area contributed by atoms with E-state index in [1.807, 2.05) is 19.1 Å². The SMILES string of the molecule is COc1ccc(C(C)N)cc1C(C)(C)C. The summed E-state index contributed by atoms with van der Waals surface area (Å²) in [5.41, 5.74) is 8.32. The molecule has 0 saturated carbocycles. The summed E-state index contributed by atoms with van der Waals surface area (Å²) in [6.45, 7) is 8.52. The van der Waals surface area contributed by atoms with Gasteiger partial charge in [-0.1, -0.05) is 32.9 Å². The maximum Gasteiger partial charge on any atom is 0.122 e. The van der Waals surface area contributed by atoms with E-state index in [1.54, 1.807) is 7.11 Å². The molecule has 1 unspecified atom stereocenters. The Labute approximate surface area is 92.4 Å². The number of nitrogens with two attached hydrogens (primary N) is 1. The van der Waals surface area contributed by atoms with Crippen molar-refractivity contribution in [3.05, 3.63) is 29.3 Å². The molecule has 0 aliphatic carbocycles. The molecule has 0 bridgehead atoms. The van der Waals surface area contributed by atoms with Gasteiger partial charge < -0.3 is 10.5 Å². The van der Waals surface area contributed by atoms with E-state index in [1.165, 1.54) is 5.56 Å². The van der Waals surface area contributed by atoms with Crippen molar-refractivity contribution in [1.82, 2.24) is 0 Å². The molecule has 0 fully saturated rings. The molecule has 1 rings (SSSR count). The first-order valence-electron chi connectivity index (χ1n) is 5.30. The van der Waals surface area contributed by atoms with Crippen molar-refractivity contribution in [2.75, 3.05) is 7.11 Å². The third-order valence-electron chi connectivity index (χ3n) is 2.56. The molecule has 2 N–H and O–H groups in total. The van der Waals surface area contributed by atoms with Gasteiger partial charge in [-0.3, -0.25) is 0 Å². The van der Waals surface area contributed by atoms with Crippen molar-refractivity contribution in [3.8, 4) is 5.75 Å². The Morgan fingerprint density at radius 3 is 2.27 bits per heavy atom. The lowest BCUT2D eigenvalue weighted by Gasteiger charge is -2.23. The molecule has 0 amide bonds. The Bertz CT molecular complexity index is 337. The number of methoxy groups -OCH3 is 1. The zero-order chi connectivity index (χ0) is 11.6. The molecule has 2 heteroatoms. The fourth-order valence-corrected chi connectivity index (χ4v) is 1.59. The number of benzene rings is 1. The Morgan fingerprint density at radius 2 is 1.87 bits per heavy atom. The molecule has 0 aliphatic rings. The first kappa shape index (κ1) is 12.1. The van der Waals surface area contributed by atoms with Crippen LogP contribution in [0.5, 0.6) is 5.75 Å². The van der Waals surface area contributed by atoms with Crippen LogP contribution in [0.4, 0.5) is 0 Å². The van der Waals surface area contributed by atoms with Crippen molar-refractivity contribution >= 4 is 0 Å². The van der Waals surface area contributed by atoms with E-state index < -0.39 is 0 Å². The second-order valence-corrected chi connectivity index (χ2v) is 5.00. The average Bonchev–Trinajstić information content (AvgIpc) is 2.15. The molecule has 0 aliphatic heterocycles. The van der Waals surface area contributed by atoms with E-state index in [-0.39, 0.29) is 11.5 Å². The van der Waals surface area contributed by atoms with Crippen LogP contribution in [0.1, 0.15) is 44.9 Å². The lowest BCUT2D eigenvalue weighted by Crippen LogP contribution is -2.15. The molecule has 15 heavy (non-hydrogen) atoms. The summed E-state index contributed by atoms with van der Waals surface area (Å²) in [6.07, 6.45) is 0. The maximum atomic E-state index is 5.88. The van der Waals surface area contributed by atoms with E-state index in [2.05, 4.69) is 26.8 Å². The fraction of sp³-hybridized carbons (Fsp3) is 0.538. The van der Waals surface area contributed by atoms with Gasteiger partial charge in [-0.25, -0.2) is 0 Å². The molecule has 0 aromatic heterocycles. The minimum atomic E-state index is 0.0667. The standard InChI is InChI=1S/C13H21NO/c1-9(14)10-6-7-12(15-5)11(8-10)13(2,3)4/h6-9H,14H2,1-5H3. The average molecular weight is 207 g/mol. The van der Waals surface area contributed by atoms with Crippen LogP contribution in [0.25, 0.3) is 0 Å². The van der Waals surface area contributed by atoms with Crippen molar-refractivity contribution in [2.45, 2.75) is 39.2 Å². The quantitative estimate of drug-likeness (QED) is 0.809. The summed E-state index contributed by atoms with van der Waals surface area (Å²) < 4.78 is 5.37. The fourth-order valence-electron chi connectivity index (χ4n) is 1.59. The summed E-state index contributed by atoms with van der Waals surface area (Å²) in [5, 5.41) is 0. The van der Waals surface area contributed by atoms with Crippen molar-refractivity contribution in [3.63, 3.8) is 0 Å². The third kappa shape index (κ3) is 2.72. The van der Waals surface area contributed by atoms with Crippen LogP contribution < -0.4 is 10.5 Å². The highest BCUT2D eigenvalue weighted by molar-refractivity contribution is 5.42. The smallest absolute Gasteiger partial charge is 0.122 e. The molecule has 84 valence electrons. The van der Waals surface area contributed by atoms with Crippen molar-refractivity contribution in [1.29, 1.82) is 0 Å². The Hall–Kier alpha value is -1.02. The first-order valence-corrected chi connectivity index (χ1v) is 5.30. The number of rotatable bonds is 2. The lowest BCUT2D eigenvalue weighted by atomic mass is 9.85. The number of hydrogen-bond acceptors (Lipinski definition) is 2. The zero-order valence-corrected chi connectivity index (χ0v) is 10.3. The lowest BCUT2D eigenvalue weighted by molar-refractivity contribution is 0.397. The van der Waals surface area contributed by atoms with Gasteiger partial charge in [-0.2, -0.15) is 0 Å². The molecule has 0 radical (unpaired) electrons. The number of hydrogen-bond donors (Lipinski definition) is 1. The second-order valence-electron chi connectivity index (χ2n) is 5.00. The van der Waals surface area contributed by atoms with Gasteiger partial charge in [0.05, 0.1) is 7.11 Å². The largest absolute Gasteiger partial charge is 0.496 e. The van der Waals surface area contributed by atoms with E-state index in [0.717, 1.165) is 11.3 Å². The predicted octanol–water partition coefficient (Wildman–Crippen LogP) is 3.01. The van der Waals surface area contributed by atoms with Gasteiger partial charge in [-0.05, 0) is 29.5 Å². The van der Waals surface area contributed by atoms with Crippen LogP contribution in [0, 0.1) is 0 Å². The van der Waals surface area contributed by atoms with E-state index in [0.29, 0.717) is 0 Å². The summed E-state index contributed by atoms with van der Waals surface area (Å²) in [5.74, 6) is 0.937. The molecule has 0 saturated heterocycles. The molecule has 0 spiro atoms. The van der Waals surface area contributed by atoms with E-state index in [9.17, 15) is 0 Å². The first-order chi connectivity index (χ1) is 6.86. The summed E-state index contributed by atoms with van der Waals surface area (Å²) in [6, 6.07) is 6.23. The highest BCUT2D eigenvalue weighted by atomic mass is 16.5. The van der Waals surface area contributed by atoms with Gasteiger partial charge >= 0.3 is 0 Å². The van der Waals surface area contributed by atoms with Gasteiger partial charge in [0.25, 0.3) is 0 Å². The van der Waals surface area contributed by atoms with Crippen LogP contribution in [0.2, 0.25) is 0 Å². The minimum Gasteiger partial charge on any atom is -0.496 e. The van der Waals surface area contributed by atoms with E-state index in [4.69, 9.17) is 10.5 Å².